The second-order valence-electron chi connectivity index (χ2n) is 9.00. The molecule has 0 bridgehead atoms. The summed E-state index contributed by atoms with van der Waals surface area (Å²) in [4.78, 5) is 21.5. The van der Waals surface area contributed by atoms with Crippen molar-refractivity contribution >= 4 is 27.6 Å². The lowest BCUT2D eigenvalue weighted by molar-refractivity contribution is 0.103. The first-order valence-corrected chi connectivity index (χ1v) is 13.9. The Morgan fingerprint density at radius 1 is 1.32 bits per heavy atom. The first-order valence-electron chi connectivity index (χ1n) is 12.3. The zero-order valence-electron chi connectivity index (χ0n) is 21.1. The van der Waals surface area contributed by atoms with Crippen molar-refractivity contribution < 1.29 is 27.4 Å². The minimum absolute atomic E-state index is 0.0439. The molecule has 0 spiro atoms. The minimum atomic E-state index is -3.80. The summed E-state index contributed by atoms with van der Waals surface area (Å²) in [6, 6.07) is 3.18. The van der Waals surface area contributed by atoms with Gasteiger partial charge in [-0.1, -0.05) is 0 Å². The number of unbranched alkanes of at least 4 members (excludes halogenated alkanes) is 1. The van der Waals surface area contributed by atoms with Crippen LogP contribution >= 0.6 is 0 Å². The van der Waals surface area contributed by atoms with Gasteiger partial charge in [0.2, 0.25) is 21.8 Å². The van der Waals surface area contributed by atoms with Crippen molar-refractivity contribution in [3.05, 3.63) is 41.3 Å². The fraction of sp³-hybridized carbons (Fsp3) is 0.542. The number of sulfonamides is 1. The third-order valence-electron chi connectivity index (χ3n) is 6.04. The number of ketones is 1. The maximum absolute atomic E-state index is 13.8. The van der Waals surface area contributed by atoms with E-state index in [1.807, 2.05) is 0 Å². The number of aliphatic hydroxyl groups is 1. The number of nitrogen functional groups attached to an aromatic ring is 1. The lowest BCUT2D eigenvalue weighted by atomic mass is 10.0. The SMILES string of the molecule is COc1ccc(F)cc1C(=O)c1cnc(N(C2CCNCC2)S(=O)(=O)CCCCNCC(C)O)nc1N. The fourth-order valence-corrected chi connectivity index (χ4v) is 5.94. The first-order chi connectivity index (χ1) is 17.6. The highest BCUT2D eigenvalue weighted by molar-refractivity contribution is 7.92. The molecule has 1 atom stereocenters. The van der Waals surface area contributed by atoms with Gasteiger partial charge in [-0.3, -0.25) is 4.79 Å². The van der Waals surface area contributed by atoms with Crippen molar-refractivity contribution in [3.8, 4) is 5.75 Å². The Morgan fingerprint density at radius 2 is 2.05 bits per heavy atom. The summed E-state index contributed by atoms with van der Waals surface area (Å²) < 4.78 is 47.1. The Morgan fingerprint density at radius 3 is 2.70 bits per heavy atom. The molecule has 1 aromatic carbocycles. The van der Waals surface area contributed by atoms with E-state index in [0.717, 1.165) is 6.07 Å². The third kappa shape index (κ3) is 7.57. The van der Waals surface area contributed by atoms with Gasteiger partial charge >= 0.3 is 0 Å². The molecule has 37 heavy (non-hydrogen) atoms. The van der Waals surface area contributed by atoms with Crippen LogP contribution in [0.3, 0.4) is 0 Å². The van der Waals surface area contributed by atoms with Gasteiger partial charge in [-0.2, -0.15) is 4.98 Å². The largest absolute Gasteiger partial charge is 0.496 e. The zero-order chi connectivity index (χ0) is 27.0. The number of aromatic nitrogens is 2. The standard InChI is InChI=1S/C24H35FN6O5S/c1-16(32)14-28-9-3-4-12-37(34,35)31(18-7-10-27-11-8-18)24-29-15-20(23(26)30-24)22(33)19-13-17(25)5-6-21(19)36-2/h5-6,13,15-16,18,27-28,32H,3-4,7-12,14H2,1-2H3,(H2,26,29,30). The van der Waals surface area contributed by atoms with Crippen LogP contribution < -0.4 is 25.4 Å². The molecule has 11 nitrogen and oxygen atoms in total. The highest BCUT2D eigenvalue weighted by Crippen LogP contribution is 2.28. The number of nitrogens with one attached hydrogen (secondary N) is 2. The van der Waals surface area contributed by atoms with E-state index in [9.17, 15) is 22.7 Å². The molecular weight excluding hydrogens is 503 g/mol. The maximum Gasteiger partial charge on any atom is 0.241 e. The van der Waals surface area contributed by atoms with E-state index >= 15 is 0 Å². The Bertz CT molecular complexity index is 1170. The van der Waals surface area contributed by atoms with Crippen LogP contribution in [-0.4, -0.2) is 80.5 Å². The summed E-state index contributed by atoms with van der Waals surface area (Å²) in [5.74, 6) is -1.52. The number of nitrogens with zero attached hydrogens (tertiary/aromatic N) is 3. The molecule has 3 rings (SSSR count). The lowest BCUT2D eigenvalue weighted by Gasteiger charge is -2.34. The van der Waals surface area contributed by atoms with Crippen LogP contribution in [0.4, 0.5) is 16.2 Å². The van der Waals surface area contributed by atoms with E-state index in [4.69, 9.17) is 10.5 Å². The van der Waals surface area contributed by atoms with Crippen LogP contribution in [0.25, 0.3) is 0 Å². The molecule has 1 aliphatic rings. The Labute approximate surface area is 216 Å². The van der Waals surface area contributed by atoms with E-state index in [1.54, 1.807) is 6.92 Å². The Kier molecular flexibility index (Phi) is 10.1. The topological polar surface area (TPSA) is 160 Å². The van der Waals surface area contributed by atoms with E-state index in [-0.39, 0.29) is 40.4 Å². The summed E-state index contributed by atoms with van der Waals surface area (Å²) in [7, 11) is -2.44. The van der Waals surface area contributed by atoms with Gasteiger partial charge in [0.1, 0.15) is 17.4 Å². The van der Waals surface area contributed by atoms with Crippen molar-refractivity contribution in [1.29, 1.82) is 0 Å². The van der Waals surface area contributed by atoms with Gasteiger partial charge in [0.15, 0.2) is 0 Å². The number of nitrogens with two attached hydrogens (primary N) is 1. The summed E-state index contributed by atoms with van der Waals surface area (Å²) in [5, 5.41) is 15.6. The van der Waals surface area contributed by atoms with Gasteiger partial charge in [0, 0.05) is 12.7 Å². The van der Waals surface area contributed by atoms with Crippen molar-refractivity contribution in [1.82, 2.24) is 20.6 Å². The number of piperidine rings is 1. The monoisotopic (exact) mass is 538 g/mol. The summed E-state index contributed by atoms with van der Waals surface area (Å²) in [6.45, 7) is 3.98. The summed E-state index contributed by atoms with van der Waals surface area (Å²) >= 11 is 0. The van der Waals surface area contributed by atoms with Crippen molar-refractivity contribution in [2.24, 2.45) is 0 Å². The van der Waals surface area contributed by atoms with Crippen LogP contribution in [0.2, 0.25) is 0 Å². The molecule has 13 heteroatoms. The number of rotatable bonds is 13. The molecule has 0 aliphatic carbocycles. The van der Waals surface area contributed by atoms with Crippen molar-refractivity contribution in [3.63, 3.8) is 0 Å². The minimum Gasteiger partial charge on any atom is -0.496 e. The van der Waals surface area contributed by atoms with Gasteiger partial charge in [-0.25, -0.2) is 22.1 Å². The summed E-state index contributed by atoms with van der Waals surface area (Å²) in [5.41, 5.74) is 5.98. The number of carbonyl (C=O) groups excluding carboxylic acids is 1. The smallest absolute Gasteiger partial charge is 0.241 e. The molecular formula is C24H35FN6O5S. The molecule has 2 heterocycles. The van der Waals surface area contributed by atoms with Gasteiger partial charge in [-0.15, -0.1) is 0 Å². The number of anilines is 2. The number of hydrogen-bond donors (Lipinski definition) is 4. The van der Waals surface area contributed by atoms with Crippen LogP contribution in [0.1, 0.15) is 48.5 Å². The average molecular weight is 539 g/mol. The number of benzene rings is 1. The van der Waals surface area contributed by atoms with Gasteiger partial charge in [0.25, 0.3) is 0 Å². The number of methoxy groups -OCH3 is 1. The number of hydrogen-bond acceptors (Lipinski definition) is 10. The van der Waals surface area contributed by atoms with E-state index < -0.39 is 27.7 Å². The van der Waals surface area contributed by atoms with E-state index in [1.165, 1.54) is 29.7 Å². The summed E-state index contributed by atoms with van der Waals surface area (Å²) in [6.07, 6.45) is 2.85. The van der Waals surface area contributed by atoms with Crippen LogP contribution in [0, 0.1) is 5.82 Å². The highest BCUT2D eigenvalue weighted by Gasteiger charge is 2.34. The highest BCUT2D eigenvalue weighted by atomic mass is 32.2. The van der Waals surface area contributed by atoms with Gasteiger partial charge in [0.05, 0.1) is 36.1 Å². The average Bonchev–Trinajstić information content (AvgIpc) is 2.86. The lowest BCUT2D eigenvalue weighted by Crippen LogP contribution is -2.48. The fourth-order valence-electron chi connectivity index (χ4n) is 4.17. The van der Waals surface area contributed by atoms with Crippen molar-refractivity contribution in [2.75, 3.05) is 49.1 Å². The number of halogens is 1. The normalized spacial score (nSPS) is 15.4. The van der Waals surface area contributed by atoms with Crippen molar-refractivity contribution in [2.45, 2.75) is 44.8 Å². The quantitative estimate of drug-likeness (QED) is 0.215. The maximum atomic E-state index is 13.8. The third-order valence-corrected chi connectivity index (χ3v) is 7.90. The Balaban J connectivity index is 1.84. The molecule has 0 amide bonds. The van der Waals surface area contributed by atoms with E-state index in [0.29, 0.717) is 51.9 Å². The van der Waals surface area contributed by atoms with E-state index in [2.05, 4.69) is 20.6 Å². The Hall–Kier alpha value is -2.87. The number of carbonyl (C=O) groups is 1. The van der Waals surface area contributed by atoms with Crippen LogP contribution in [0.5, 0.6) is 5.75 Å². The molecule has 0 saturated carbocycles. The molecule has 5 N–H and O–H groups in total. The molecule has 1 unspecified atom stereocenters. The first kappa shape index (κ1) is 28.7. The molecule has 1 aliphatic heterocycles. The van der Waals surface area contributed by atoms with Crippen LogP contribution in [0.15, 0.2) is 24.4 Å². The second-order valence-corrected chi connectivity index (χ2v) is 11.0. The molecule has 1 saturated heterocycles. The molecule has 204 valence electrons. The predicted octanol–water partition coefficient (Wildman–Crippen LogP) is 1.08. The molecule has 1 aromatic heterocycles. The molecule has 0 radical (unpaired) electrons. The van der Waals surface area contributed by atoms with Gasteiger partial charge < -0.3 is 26.2 Å². The number of aliphatic hydroxyl groups excluding tert-OH is 1. The molecule has 2 aromatic rings. The van der Waals surface area contributed by atoms with Gasteiger partial charge in [-0.05, 0) is 70.4 Å². The zero-order valence-corrected chi connectivity index (χ0v) is 21.9. The molecule has 1 fully saturated rings. The second kappa shape index (κ2) is 13.1. The predicted molar refractivity (Wildman–Crippen MR) is 139 cm³/mol. The van der Waals surface area contributed by atoms with Crippen LogP contribution in [-0.2, 0) is 10.0 Å². The number of ether oxygens (including phenoxy) is 1.